The number of nitrogens with one attached hydrogen (secondary N) is 1. The first-order valence-electron chi connectivity index (χ1n) is 8.85. The van der Waals surface area contributed by atoms with Crippen LogP contribution < -0.4 is 11.1 Å². The Labute approximate surface area is 170 Å². The molecule has 3 rings (SSSR count). The molecule has 1 aromatic heterocycles. The molecule has 0 radical (unpaired) electrons. The van der Waals surface area contributed by atoms with Crippen molar-refractivity contribution in [1.29, 1.82) is 0 Å². The number of nitrogens with two attached hydrogens (primary N) is 1. The molecule has 0 atom stereocenters. The van der Waals surface area contributed by atoms with E-state index in [2.05, 4.69) is 24.1 Å². The molecule has 0 saturated carbocycles. The van der Waals surface area contributed by atoms with Crippen LogP contribution in [0.25, 0.3) is 0 Å². The first-order valence-corrected chi connectivity index (χ1v) is 9.66. The van der Waals surface area contributed by atoms with Gasteiger partial charge in [0.25, 0.3) is 11.8 Å². The number of rotatable bonds is 4. The summed E-state index contributed by atoms with van der Waals surface area (Å²) < 4.78 is 0. The minimum atomic E-state index is -0.476. The molecule has 27 heavy (non-hydrogen) atoms. The highest BCUT2D eigenvalue weighted by molar-refractivity contribution is 7.17. The van der Waals surface area contributed by atoms with Crippen molar-refractivity contribution in [2.45, 2.75) is 46.7 Å². The van der Waals surface area contributed by atoms with Crippen LogP contribution in [-0.4, -0.2) is 29.3 Å². The minimum absolute atomic E-state index is 0. The maximum atomic E-state index is 12.7. The topological polar surface area (TPSA) is 75.4 Å². The minimum Gasteiger partial charge on any atom is -0.365 e. The molecule has 0 unspecified atom stereocenters. The van der Waals surface area contributed by atoms with Crippen LogP contribution in [-0.2, 0) is 13.0 Å². The highest BCUT2D eigenvalue weighted by Gasteiger charge is 2.28. The zero-order chi connectivity index (χ0) is 19.0. The van der Waals surface area contributed by atoms with Gasteiger partial charge in [-0.15, -0.1) is 23.7 Å². The van der Waals surface area contributed by atoms with Crippen molar-refractivity contribution < 1.29 is 9.59 Å². The van der Waals surface area contributed by atoms with Gasteiger partial charge in [0.15, 0.2) is 0 Å². The van der Waals surface area contributed by atoms with Gasteiger partial charge in [-0.1, -0.05) is 6.07 Å². The molecular formula is C20H26ClN3O2S. The molecule has 7 heteroatoms. The maximum Gasteiger partial charge on any atom is 0.256 e. The second-order valence-corrected chi connectivity index (χ2v) is 8.24. The summed E-state index contributed by atoms with van der Waals surface area (Å²) in [6.07, 6.45) is 0.780. The van der Waals surface area contributed by atoms with E-state index >= 15 is 0 Å². The molecule has 1 aliphatic rings. The zero-order valence-corrected chi connectivity index (χ0v) is 17.7. The molecule has 0 aliphatic carbocycles. The van der Waals surface area contributed by atoms with Crippen LogP contribution in [0.3, 0.4) is 0 Å². The van der Waals surface area contributed by atoms with E-state index in [0.29, 0.717) is 22.2 Å². The molecule has 0 spiro atoms. The Balaban J connectivity index is 0.00000261. The summed E-state index contributed by atoms with van der Waals surface area (Å²) in [7, 11) is 0. The molecule has 3 N–H and O–H groups in total. The fourth-order valence-corrected chi connectivity index (χ4v) is 4.54. The van der Waals surface area contributed by atoms with Gasteiger partial charge >= 0.3 is 0 Å². The van der Waals surface area contributed by atoms with Crippen LogP contribution >= 0.6 is 23.7 Å². The molecule has 2 heterocycles. The number of thiophene rings is 1. The van der Waals surface area contributed by atoms with Gasteiger partial charge in [0.1, 0.15) is 5.00 Å². The second kappa shape index (κ2) is 8.42. The average molecular weight is 408 g/mol. The fraction of sp³-hybridized carbons (Fsp3) is 0.400. The molecule has 0 saturated heterocycles. The summed E-state index contributed by atoms with van der Waals surface area (Å²) in [5, 5.41) is 3.48. The van der Waals surface area contributed by atoms with Crippen LogP contribution in [0.1, 0.15) is 56.1 Å². The number of benzene rings is 1. The summed E-state index contributed by atoms with van der Waals surface area (Å²) in [4.78, 5) is 28.2. The van der Waals surface area contributed by atoms with Crippen molar-refractivity contribution in [3.63, 3.8) is 0 Å². The van der Waals surface area contributed by atoms with E-state index in [4.69, 9.17) is 5.73 Å². The quantitative estimate of drug-likeness (QED) is 0.806. The molecule has 0 fully saturated rings. The molecule has 146 valence electrons. The third-order valence-corrected chi connectivity index (χ3v) is 6.19. The predicted octanol–water partition coefficient (Wildman–Crippen LogP) is 3.90. The van der Waals surface area contributed by atoms with E-state index in [1.807, 2.05) is 26.0 Å². The molecular weight excluding hydrogens is 382 g/mol. The van der Waals surface area contributed by atoms with Crippen molar-refractivity contribution in [3.8, 4) is 0 Å². The van der Waals surface area contributed by atoms with Gasteiger partial charge < -0.3 is 11.1 Å². The lowest BCUT2D eigenvalue weighted by Crippen LogP contribution is -2.35. The molecule has 0 bridgehead atoms. The second-order valence-electron chi connectivity index (χ2n) is 7.14. The molecule has 2 aromatic rings. The predicted molar refractivity (Wildman–Crippen MR) is 113 cm³/mol. The Hall–Kier alpha value is -1.89. The van der Waals surface area contributed by atoms with Gasteiger partial charge in [-0.3, -0.25) is 14.5 Å². The van der Waals surface area contributed by atoms with Crippen LogP contribution in [0.2, 0.25) is 0 Å². The number of halogens is 1. The highest BCUT2D eigenvalue weighted by Crippen LogP contribution is 2.37. The third kappa shape index (κ3) is 4.34. The lowest BCUT2D eigenvalue weighted by atomic mass is 10.0. The number of fused-ring (bicyclic) bond motifs is 1. The monoisotopic (exact) mass is 407 g/mol. The molecule has 1 aromatic carbocycles. The smallest absolute Gasteiger partial charge is 0.256 e. The largest absolute Gasteiger partial charge is 0.365 e. The summed E-state index contributed by atoms with van der Waals surface area (Å²) in [6.45, 7) is 10.00. The summed E-state index contributed by atoms with van der Waals surface area (Å²) >= 11 is 1.47. The number of hydrogen-bond acceptors (Lipinski definition) is 4. The SMILES string of the molecule is Cc1ccc(C(=O)Nc2sc3c(c2C(N)=O)CCN(C(C)C)C3)cc1C.Cl. The number of primary amides is 1. The average Bonchev–Trinajstić information content (AvgIpc) is 2.94. The molecule has 1 aliphatic heterocycles. The van der Waals surface area contributed by atoms with E-state index in [1.54, 1.807) is 6.07 Å². The molecule has 5 nitrogen and oxygen atoms in total. The Morgan fingerprint density at radius 2 is 1.93 bits per heavy atom. The van der Waals surface area contributed by atoms with E-state index < -0.39 is 5.91 Å². The third-order valence-electron chi connectivity index (χ3n) is 5.06. The van der Waals surface area contributed by atoms with Gasteiger partial charge in [-0.25, -0.2) is 0 Å². The van der Waals surface area contributed by atoms with Gasteiger partial charge in [0, 0.05) is 29.6 Å². The number of anilines is 1. The van der Waals surface area contributed by atoms with Crippen molar-refractivity contribution in [2.24, 2.45) is 5.73 Å². The van der Waals surface area contributed by atoms with Gasteiger partial charge in [0.05, 0.1) is 5.56 Å². The Kier molecular flexibility index (Phi) is 6.68. The Bertz CT molecular complexity index is 876. The lowest BCUT2D eigenvalue weighted by molar-refractivity contribution is 0.0999. The summed E-state index contributed by atoms with van der Waals surface area (Å²) in [5.74, 6) is -0.689. The van der Waals surface area contributed by atoms with Gasteiger partial charge in [-0.05, 0) is 62.9 Å². The Morgan fingerprint density at radius 3 is 2.52 bits per heavy atom. The normalized spacial score (nSPS) is 13.8. The van der Waals surface area contributed by atoms with Crippen LogP contribution in [0.15, 0.2) is 18.2 Å². The maximum absolute atomic E-state index is 12.7. The van der Waals surface area contributed by atoms with Crippen LogP contribution in [0, 0.1) is 13.8 Å². The van der Waals surface area contributed by atoms with Crippen molar-refractivity contribution in [2.75, 3.05) is 11.9 Å². The van der Waals surface area contributed by atoms with Crippen molar-refractivity contribution in [1.82, 2.24) is 4.90 Å². The van der Waals surface area contributed by atoms with Gasteiger partial charge in [0.2, 0.25) is 0 Å². The van der Waals surface area contributed by atoms with Crippen LogP contribution in [0.5, 0.6) is 0 Å². The van der Waals surface area contributed by atoms with Gasteiger partial charge in [-0.2, -0.15) is 0 Å². The van der Waals surface area contributed by atoms with Crippen molar-refractivity contribution in [3.05, 3.63) is 50.9 Å². The number of carbonyl (C=O) groups excluding carboxylic acids is 2. The highest BCUT2D eigenvalue weighted by atomic mass is 35.5. The number of hydrogen-bond donors (Lipinski definition) is 2. The summed E-state index contributed by atoms with van der Waals surface area (Å²) in [5.41, 5.74) is 9.89. The number of nitrogens with zero attached hydrogens (tertiary/aromatic N) is 1. The summed E-state index contributed by atoms with van der Waals surface area (Å²) in [6, 6.07) is 6.04. The van der Waals surface area contributed by atoms with Crippen molar-refractivity contribution >= 4 is 40.6 Å². The van der Waals surface area contributed by atoms with Crippen LogP contribution in [0.4, 0.5) is 5.00 Å². The standard InChI is InChI=1S/C20H25N3O2S.ClH/c1-11(2)23-8-7-15-16(10-23)26-20(17(15)18(21)24)22-19(25)14-6-5-12(3)13(4)9-14;/h5-6,9,11H,7-8,10H2,1-4H3,(H2,21,24)(H,22,25);1H. The number of aryl methyl sites for hydroxylation is 2. The first-order chi connectivity index (χ1) is 12.3. The first kappa shape index (κ1) is 21.4. The van der Waals surface area contributed by atoms with E-state index in [0.717, 1.165) is 41.1 Å². The lowest BCUT2D eigenvalue weighted by Gasteiger charge is -2.30. The Morgan fingerprint density at radius 1 is 1.22 bits per heavy atom. The molecule has 2 amide bonds. The van der Waals surface area contributed by atoms with E-state index in [-0.39, 0.29) is 18.3 Å². The zero-order valence-electron chi connectivity index (χ0n) is 16.1. The van der Waals surface area contributed by atoms with E-state index in [1.165, 1.54) is 11.3 Å². The fourth-order valence-electron chi connectivity index (χ4n) is 3.27. The van der Waals surface area contributed by atoms with E-state index in [9.17, 15) is 9.59 Å². The number of amides is 2. The number of carbonyl (C=O) groups is 2.